The third kappa shape index (κ3) is 2.72. The van der Waals surface area contributed by atoms with Crippen molar-refractivity contribution >= 4 is 21.6 Å². The van der Waals surface area contributed by atoms with Gasteiger partial charge in [0.15, 0.2) is 11.5 Å². The van der Waals surface area contributed by atoms with Gasteiger partial charge in [-0.2, -0.15) is 0 Å². The summed E-state index contributed by atoms with van der Waals surface area (Å²) >= 11 is 3.56. The fraction of sp³-hybridized carbons (Fsp3) is 0.267. The van der Waals surface area contributed by atoms with Gasteiger partial charge >= 0.3 is 0 Å². The summed E-state index contributed by atoms with van der Waals surface area (Å²) in [5.41, 5.74) is 2.11. The first-order valence-electron chi connectivity index (χ1n) is 6.49. The third-order valence-electron chi connectivity index (χ3n) is 3.19. The summed E-state index contributed by atoms with van der Waals surface area (Å²) in [5, 5.41) is 3.45. The van der Waals surface area contributed by atoms with Crippen LogP contribution in [0, 0.1) is 0 Å². The van der Waals surface area contributed by atoms with Crippen LogP contribution in [0.25, 0.3) is 0 Å². The molecule has 5 heteroatoms. The average Bonchev–Trinajstić information content (AvgIpc) is 2.49. The molecule has 2 heterocycles. The highest BCUT2D eigenvalue weighted by atomic mass is 79.9. The van der Waals surface area contributed by atoms with Crippen molar-refractivity contribution in [2.75, 3.05) is 18.5 Å². The highest BCUT2D eigenvalue weighted by molar-refractivity contribution is 9.10. The van der Waals surface area contributed by atoms with Gasteiger partial charge < -0.3 is 14.8 Å². The molecule has 104 valence electrons. The van der Waals surface area contributed by atoms with Gasteiger partial charge in [-0.3, -0.25) is 4.98 Å². The van der Waals surface area contributed by atoms with Gasteiger partial charge in [-0.15, -0.1) is 0 Å². The van der Waals surface area contributed by atoms with E-state index in [2.05, 4.69) is 39.2 Å². The molecule has 0 saturated carbocycles. The molecule has 1 N–H and O–H groups in total. The number of fused-ring (bicyclic) bond motifs is 1. The zero-order valence-electron chi connectivity index (χ0n) is 11.1. The number of ether oxygens (including phenoxy) is 2. The summed E-state index contributed by atoms with van der Waals surface area (Å²) in [4.78, 5) is 4.14. The zero-order chi connectivity index (χ0) is 13.9. The van der Waals surface area contributed by atoms with Crippen molar-refractivity contribution in [3.05, 3.63) is 46.7 Å². The highest BCUT2D eigenvalue weighted by Crippen LogP contribution is 2.39. The maximum atomic E-state index is 5.61. The summed E-state index contributed by atoms with van der Waals surface area (Å²) in [6.07, 6.45) is 3.64. The number of anilines is 1. The lowest BCUT2D eigenvalue weighted by molar-refractivity contribution is 0.171. The number of hydrogen-bond acceptors (Lipinski definition) is 4. The monoisotopic (exact) mass is 334 g/mol. The minimum atomic E-state index is 0.155. The van der Waals surface area contributed by atoms with Gasteiger partial charge in [-0.1, -0.05) is 6.07 Å². The van der Waals surface area contributed by atoms with Crippen LogP contribution in [0.3, 0.4) is 0 Å². The van der Waals surface area contributed by atoms with Crippen LogP contribution >= 0.6 is 15.9 Å². The summed E-state index contributed by atoms with van der Waals surface area (Å²) in [6, 6.07) is 8.05. The molecule has 1 unspecified atom stereocenters. The molecule has 0 radical (unpaired) electrons. The van der Waals surface area contributed by atoms with E-state index >= 15 is 0 Å². The van der Waals surface area contributed by atoms with Crippen LogP contribution in [-0.2, 0) is 0 Å². The molecular weight excluding hydrogens is 320 g/mol. The number of aromatic nitrogens is 1. The van der Waals surface area contributed by atoms with Crippen LogP contribution in [0.2, 0.25) is 0 Å². The van der Waals surface area contributed by atoms with Crippen molar-refractivity contribution in [3.63, 3.8) is 0 Å². The van der Waals surface area contributed by atoms with Crippen LogP contribution in [0.4, 0.5) is 5.69 Å². The molecule has 1 aliphatic rings. The van der Waals surface area contributed by atoms with E-state index in [9.17, 15) is 0 Å². The second-order valence-electron chi connectivity index (χ2n) is 4.63. The molecule has 4 nitrogen and oxygen atoms in total. The molecule has 0 amide bonds. The number of rotatable bonds is 3. The molecule has 0 saturated heterocycles. The Morgan fingerprint density at radius 2 is 2.00 bits per heavy atom. The van der Waals surface area contributed by atoms with Crippen molar-refractivity contribution in [2.45, 2.75) is 13.0 Å². The second kappa shape index (κ2) is 5.71. The number of hydrogen-bond donors (Lipinski definition) is 1. The van der Waals surface area contributed by atoms with Crippen LogP contribution < -0.4 is 14.8 Å². The number of nitrogens with one attached hydrogen (secondary N) is 1. The fourth-order valence-corrected chi connectivity index (χ4v) is 2.56. The van der Waals surface area contributed by atoms with Gasteiger partial charge in [-0.25, -0.2) is 0 Å². The topological polar surface area (TPSA) is 43.4 Å². The summed E-state index contributed by atoms with van der Waals surface area (Å²) in [7, 11) is 0. The lowest BCUT2D eigenvalue weighted by atomic mass is 10.1. The van der Waals surface area contributed by atoms with Gasteiger partial charge in [0.05, 0.1) is 11.7 Å². The van der Waals surface area contributed by atoms with Gasteiger partial charge in [0.2, 0.25) is 0 Å². The summed E-state index contributed by atoms with van der Waals surface area (Å²) in [6.45, 7) is 3.28. The van der Waals surface area contributed by atoms with Gasteiger partial charge in [0.25, 0.3) is 0 Å². The van der Waals surface area contributed by atoms with E-state index in [0.29, 0.717) is 13.2 Å². The van der Waals surface area contributed by atoms with Crippen LogP contribution in [0.15, 0.2) is 41.1 Å². The molecule has 0 spiro atoms. The largest absolute Gasteiger partial charge is 0.486 e. The Labute approximate surface area is 126 Å². The molecule has 20 heavy (non-hydrogen) atoms. The van der Waals surface area contributed by atoms with Crippen molar-refractivity contribution in [2.24, 2.45) is 0 Å². The molecule has 2 aromatic rings. The van der Waals surface area contributed by atoms with Crippen molar-refractivity contribution in [3.8, 4) is 11.5 Å². The number of nitrogens with zero attached hydrogens (tertiary/aromatic N) is 1. The molecular formula is C15H15BrN2O2. The van der Waals surface area contributed by atoms with Crippen molar-refractivity contribution in [1.82, 2.24) is 4.98 Å². The third-order valence-corrected chi connectivity index (χ3v) is 3.84. The lowest BCUT2D eigenvalue weighted by Crippen LogP contribution is -2.16. The molecule has 0 fully saturated rings. The normalized spacial score (nSPS) is 14.7. The molecule has 3 rings (SSSR count). The standard InChI is InChI=1S/C15H15BrN2O2/c1-10(11-3-2-4-17-9-11)18-13-8-15-14(7-12(13)16)19-5-6-20-15/h2-4,7-10,18H,5-6H2,1H3. The Hall–Kier alpha value is -1.75. The maximum absolute atomic E-state index is 5.61. The molecule has 1 aromatic heterocycles. The molecule has 0 bridgehead atoms. The van der Waals surface area contributed by atoms with E-state index in [4.69, 9.17) is 9.47 Å². The number of benzene rings is 1. The number of halogens is 1. The van der Waals surface area contributed by atoms with E-state index in [-0.39, 0.29) is 6.04 Å². The Morgan fingerprint density at radius 1 is 1.25 bits per heavy atom. The van der Waals surface area contributed by atoms with Gasteiger partial charge in [0.1, 0.15) is 13.2 Å². The molecule has 0 aliphatic carbocycles. The second-order valence-corrected chi connectivity index (χ2v) is 5.48. The van der Waals surface area contributed by atoms with Crippen LogP contribution in [0.5, 0.6) is 11.5 Å². The van der Waals surface area contributed by atoms with Crippen molar-refractivity contribution in [1.29, 1.82) is 0 Å². The highest BCUT2D eigenvalue weighted by Gasteiger charge is 2.16. The smallest absolute Gasteiger partial charge is 0.163 e. The zero-order valence-corrected chi connectivity index (χ0v) is 12.7. The number of pyridine rings is 1. The Bertz CT molecular complexity index is 604. The molecule has 1 atom stereocenters. The molecule has 1 aromatic carbocycles. The molecule has 1 aliphatic heterocycles. The maximum Gasteiger partial charge on any atom is 0.163 e. The van der Waals surface area contributed by atoms with Crippen LogP contribution in [0.1, 0.15) is 18.5 Å². The average molecular weight is 335 g/mol. The Kier molecular flexibility index (Phi) is 3.78. The summed E-state index contributed by atoms with van der Waals surface area (Å²) in [5.74, 6) is 1.56. The van der Waals surface area contributed by atoms with Gasteiger partial charge in [-0.05, 0) is 34.5 Å². The predicted molar refractivity (Wildman–Crippen MR) is 81.4 cm³/mol. The Morgan fingerprint density at radius 3 is 2.70 bits per heavy atom. The lowest BCUT2D eigenvalue weighted by Gasteiger charge is -2.22. The Balaban J connectivity index is 1.84. The van der Waals surface area contributed by atoms with Crippen molar-refractivity contribution < 1.29 is 9.47 Å². The quantitative estimate of drug-likeness (QED) is 0.927. The first-order valence-corrected chi connectivity index (χ1v) is 7.29. The van der Waals surface area contributed by atoms with E-state index in [1.165, 1.54) is 0 Å². The van der Waals surface area contributed by atoms with E-state index in [1.54, 1.807) is 6.20 Å². The van der Waals surface area contributed by atoms with E-state index in [1.807, 2.05) is 24.4 Å². The van der Waals surface area contributed by atoms with Gasteiger partial charge in [0, 0.05) is 29.0 Å². The minimum Gasteiger partial charge on any atom is -0.486 e. The minimum absolute atomic E-state index is 0.155. The van der Waals surface area contributed by atoms with E-state index < -0.39 is 0 Å². The first-order chi connectivity index (χ1) is 9.74. The predicted octanol–water partition coefficient (Wildman–Crippen LogP) is 3.79. The van der Waals surface area contributed by atoms with E-state index in [0.717, 1.165) is 27.2 Å². The summed E-state index contributed by atoms with van der Waals surface area (Å²) < 4.78 is 12.1. The first kappa shape index (κ1) is 13.2. The SMILES string of the molecule is CC(Nc1cc2c(cc1Br)OCCO2)c1cccnc1. The fourth-order valence-electron chi connectivity index (χ4n) is 2.12. The van der Waals surface area contributed by atoms with Crippen LogP contribution in [-0.4, -0.2) is 18.2 Å².